The predicted octanol–water partition coefficient (Wildman–Crippen LogP) is 2.07. The predicted molar refractivity (Wildman–Crippen MR) is 84.3 cm³/mol. The van der Waals surface area contributed by atoms with E-state index in [0.29, 0.717) is 15.0 Å². The van der Waals surface area contributed by atoms with Crippen LogP contribution in [0.4, 0.5) is 15.6 Å². The summed E-state index contributed by atoms with van der Waals surface area (Å²) in [5.41, 5.74) is 0.576. The molecule has 2 N–H and O–H groups in total. The highest BCUT2D eigenvalue weighted by molar-refractivity contribution is 8.02. The van der Waals surface area contributed by atoms with Crippen LogP contribution in [0.2, 0.25) is 5.02 Å². The van der Waals surface area contributed by atoms with Crippen molar-refractivity contribution in [1.29, 1.82) is 0 Å². The summed E-state index contributed by atoms with van der Waals surface area (Å²) in [4.78, 5) is 22.4. The summed E-state index contributed by atoms with van der Waals surface area (Å²) < 4.78 is 0.429. The Bertz CT molecular complexity index is 677. The Kier molecular flexibility index (Phi) is 5.58. The number of carbonyl (C=O) groups excluding carboxylic acids is 2. The Labute approximate surface area is 139 Å². The first kappa shape index (κ1) is 16.5. The summed E-state index contributed by atoms with van der Waals surface area (Å²) in [6.07, 6.45) is 0. The maximum Gasteiger partial charge on any atom is 0.325 e. The maximum atomic E-state index is 11.8. The molecule has 0 fully saturated rings. The van der Waals surface area contributed by atoms with E-state index in [-0.39, 0.29) is 5.13 Å². The second-order valence-corrected chi connectivity index (χ2v) is 7.04. The molecule has 1 aromatic carbocycles. The van der Waals surface area contributed by atoms with Crippen molar-refractivity contribution in [2.24, 2.45) is 0 Å². The average molecular weight is 358 g/mol. The van der Waals surface area contributed by atoms with Crippen molar-refractivity contribution >= 4 is 57.5 Å². The van der Waals surface area contributed by atoms with E-state index in [1.165, 1.54) is 6.92 Å². The van der Waals surface area contributed by atoms with Gasteiger partial charge in [0.05, 0.1) is 5.97 Å². The van der Waals surface area contributed by atoms with E-state index in [0.717, 1.165) is 23.1 Å². The van der Waals surface area contributed by atoms with Gasteiger partial charge in [-0.2, -0.15) is 0 Å². The Morgan fingerprint density at radius 1 is 1.27 bits per heavy atom. The van der Waals surface area contributed by atoms with Gasteiger partial charge >= 0.3 is 6.03 Å². The van der Waals surface area contributed by atoms with Crippen molar-refractivity contribution in [1.82, 2.24) is 10.2 Å². The van der Waals surface area contributed by atoms with Gasteiger partial charge in [0, 0.05) is 16.0 Å². The molecule has 0 saturated heterocycles. The second kappa shape index (κ2) is 7.43. The van der Waals surface area contributed by atoms with Crippen LogP contribution in [-0.4, -0.2) is 27.4 Å². The van der Waals surface area contributed by atoms with Crippen molar-refractivity contribution in [2.45, 2.75) is 16.5 Å². The fourth-order valence-electron chi connectivity index (χ4n) is 1.30. The molecule has 2 rings (SSSR count). The van der Waals surface area contributed by atoms with Crippen LogP contribution in [0.25, 0.3) is 0 Å². The fourth-order valence-corrected chi connectivity index (χ4v) is 3.25. The molecule has 0 radical (unpaired) electrons. The molecular weight excluding hydrogens is 348 g/mol. The van der Waals surface area contributed by atoms with Gasteiger partial charge in [-0.1, -0.05) is 34.7 Å². The molecule has 2 amide bonds. The van der Waals surface area contributed by atoms with Gasteiger partial charge in [-0.15, -0.1) is 10.2 Å². The molecule has 116 valence electrons. The van der Waals surface area contributed by atoms with Crippen molar-refractivity contribution < 1.29 is 14.7 Å². The highest BCUT2D eigenvalue weighted by Gasteiger charge is 2.12. The number of carbonyl (C=O) groups is 2. The van der Waals surface area contributed by atoms with Gasteiger partial charge in [0.1, 0.15) is 0 Å². The van der Waals surface area contributed by atoms with Gasteiger partial charge in [0.2, 0.25) is 5.13 Å². The number of benzene rings is 1. The zero-order valence-corrected chi connectivity index (χ0v) is 13.6. The van der Waals surface area contributed by atoms with Gasteiger partial charge in [0.15, 0.2) is 4.34 Å². The minimum Gasteiger partial charge on any atom is -0.549 e. The first-order chi connectivity index (χ1) is 10.4. The Morgan fingerprint density at radius 2 is 1.95 bits per heavy atom. The number of aliphatic carboxylic acids is 1. The third-order valence-electron chi connectivity index (χ3n) is 2.34. The van der Waals surface area contributed by atoms with Gasteiger partial charge in [-0.05, 0) is 31.2 Å². The third-order valence-corrected chi connectivity index (χ3v) is 4.59. The summed E-state index contributed by atoms with van der Waals surface area (Å²) in [5, 5.41) is 23.4. The van der Waals surface area contributed by atoms with Crippen LogP contribution in [0.15, 0.2) is 28.6 Å². The number of thioether (sulfide) groups is 1. The molecule has 1 heterocycles. The average Bonchev–Trinajstić information content (AvgIpc) is 2.88. The number of rotatable bonds is 5. The van der Waals surface area contributed by atoms with E-state index >= 15 is 0 Å². The molecule has 0 aliphatic rings. The standard InChI is InChI=1S/C12H11ClN4O3S2/c1-6(9(18)19)21-12-17-16-11(22-12)15-10(20)14-8-4-2-7(13)3-5-8/h2-6H,1H3,(H,18,19)(H2,14,15,16,20)/p-1/t6-/m1/s1. The van der Waals surface area contributed by atoms with E-state index < -0.39 is 17.3 Å². The number of hydrogen-bond donors (Lipinski definition) is 2. The zero-order valence-electron chi connectivity index (χ0n) is 11.2. The molecule has 1 aromatic heterocycles. The molecule has 0 bridgehead atoms. The van der Waals surface area contributed by atoms with E-state index in [2.05, 4.69) is 20.8 Å². The molecule has 0 aliphatic heterocycles. The van der Waals surface area contributed by atoms with Crippen LogP contribution in [0, 0.1) is 0 Å². The number of nitrogens with zero attached hydrogens (tertiary/aromatic N) is 2. The lowest BCUT2D eigenvalue weighted by Gasteiger charge is -2.08. The maximum absolute atomic E-state index is 11.8. The molecule has 22 heavy (non-hydrogen) atoms. The summed E-state index contributed by atoms with van der Waals surface area (Å²) in [6.45, 7) is 1.49. The summed E-state index contributed by atoms with van der Waals surface area (Å²) in [7, 11) is 0. The van der Waals surface area contributed by atoms with Crippen LogP contribution in [0.3, 0.4) is 0 Å². The SMILES string of the molecule is C[C@@H](Sc1nnc(NC(=O)Nc2ccc(Cl)cc2)s1)C(=O)[O-]. The van der Waals surface area contributed by atoms with E-state index in [4.69, 9.17) is 11.6 Å². The normalized spacial score (nSPS) is 11.7. The van der Waals surface area contributed by atoms with Gasteiger partial charge < -0.3 is 15.2 Å². The smallest absolute Gasteiger partial charge is 0.325 e. The van der Waals surface area contributed by atoms with Gasteiger partial charge in [-0.25, -0.2) is 4.79 Å². The lowest BCUT2D eigenvalue weighted by molar-refractivity contribution is -0.304. The summed E-state index contributed by atoms with van der Waals surface area (Å²) in [6, 6.07) is 6.13. The highest BCUT2D eigenvalue weighted by Crippen LogP contribution is 2.28. The van der Waals surface area contributed by atoms with E-state index in [1.807, 2.05) is 0 Å². The topological polar surface area (TPSA) is 107 Å². The number of hydrogen-bond acceptors (Lipinski definition) is 7. The van der Waals surface area contributed by atoms with Crippen LogP contribution in [0.5, 0.6) is 0 Å². The molecule has 0 saturated carbocycles. The van der Waals surface area contributed by atoms with Crippen LogP contribution < -0.4 is 15.7 Å². The van der Waals surface area contributed by atoms with Crippen LogP contribution in [0.1, 0.15) is 6.92 Å². The van der Waals surface area contributed by atoms with Crippen molar-refractivity contribution in [3.8, 4) is 0 Å². The lowest BCUT2D eigenvalue weighted by atomic mass is 10.3. The molecule has 2 aromatic rings. The molecule has 0 spiro atoms. The van der Waals surface area contributed by atoms with E-state index in [1.54, 1.807) is 24.3 Å². The quantitative estimate of drug-likeness (QED) is 0.626. The fraction of sp³-hybridized carbons (Fsp3) is 0.167. The van der Waals surface area contributed by atoms with Crippen molar-refractivity contribution in [3.05, 3.63) is 29.3 Å². The number of anilines is 2. The number of carboxylic acid groups (broad SMARTS) is 1. The largest absolute Gasteiger partial charge is 0.549 e. The Balaban J connectivity index is 1.90. The molecule has 0 unspecified atom stereocenters. The lowest BCUT2D eigenvalue weighted by Crippen LogP contribution is -2.31. The summed E-state index contributed by atoms with van der Waals surface area (Å²) >= 11 is 7.83. The molecular formula is C12H10ClN4O3S2-. The highest BCUT2D eigenvalue weighted by atomic mass is 35.5. The number of nitrogens with one attached hydrogen (secondary N) is 2. The number of aromatic nitrogens is 2. The number of urea groups is 1. The minimum absolute atomic E-state index is 0.263. The molecule has 1 atom stereocenters. The first-order valence-corrected chi connectivity index (χ1v) is 8.06. The van der Waals surface area contributed by atoms with Crippen molar-refractivity contribution in [3.63, 3.8) is 0 Å². The Hall–Kier alpha value is -1.84. The van der Waals surface area contributed by atoms with Crippen molar-refractivity contribution in [2.75, 3.05) is 10.6 Å². The molecule has 0 aliphatic carbocycles. The summed E-state index contributed by atoms with van der Waals surface area (Å²) in [5.74, 6) is -1.19. The number of halogens is 1. The van der Waals surface area contributed by atoms with E-state index in [9.17, 15) is 14.7 Å². The van der Waals surface area contributed by atoms with Crippen LogP contribution >= 0.6 is 34.7 Å². The Morgan fingerprint density at radius 3 is 2.59 bits per heavy atom. The van der Waals surface area contributed by atoms with Gasteiger partial charge in [-0.3, -0.25) is 5.32 Å². The second-order valence-electron chi connectivity index (χ2n) is 4.04. The first-order valence-electron chi connectivity index (χ1n) is 5.98. The third kappa shape index (κ3) is 4.86. The minimum atomic E-state index is -1.19. The van der Waals surface area contributed by atoms with Gasteiger partial charge in [0.25, 0.3) is 0 Å². The zero-order chi connectivity index (χ0) is 16.1. The molecule has 10 heteroatoms. The molecule has 7 nitrogen and oxygen atoms in total. The monoisotopic (exact) mass is 357 g/mol. The number of amides is 2. The number of carboxylic acids is 1. The van der Waals surface area contributed by atoms with Crippen LogP contribution in [-0.2, 0) is 4.79 Å².